The summed E-state index contributed by atoms with van der Waals surface area (Å²) in [5.41, 5.74) is 0.664. The molecule has 0 N–H and O–H groups in total. The molecule has 1 spiro atoms. The topological polar surface area (TPSA) is 51.9 Å². The second-order valence-electron chi connectivity index (χ2n) is 5.05. The third-order valence-corrected chi connectivity index (χ3v) is 3.82. The van der Waals surface area contributed by atoms with Gasteiger partial charge in [0.05, 0.1) is 31.6 Å². The lowest BCUT2D eigenvalue weighted by Gasteiger charge is -2.38. The van der Waals surface area contributed by atoms with Crippen LogP contribution in [0.25, 0.3) is 0 Å². The van der Waals surface area contributed by atoms with Crippen molar-refractivity contribution in [3.05, 3.63) is 23.7 Å². The van der Waals surface area contributed by atoms with Crippen LogP contribution >= 0.6 is 0 Å². The molecule has 0 aromatic carbocycles. The first kappa shape index (κ1) is 12.7. The highest BCUT2D eigenvalue weighted by molar-refractivity contribution is 5.95. The zero-order chi connectivity index (χ0) is 13.3. The quantitative estimate of drug-likeness (QED) is 0.818. The molecule has 5 nitrogen and oxygen atoms in total. The highest BCUT2D eigenvalue weighted by atomic mass is 16.7. The monoisotopic (exact) mass is 265 g/mol. The van der Waals surface area contributed by atoms with Crippen LogP contribution in [0, 0.1) is 0 Å². The van der Waals surface area contributed by atoms with E-state index in [9.17, 15) is 4.79 Å². The minimum Gasteiger partial charge on any atom is -0.469 e. The Morgan fingerprint density at radius 3 is 2.95 bits per heavy atom. The van der Waals surface area contributed by atoms with E-state index in [0.717, 1.165) is 31.6 Å². The second-order valence-corrected chi connectivity index (χ2v) is 5.05. The van der Waals surface area contributed by atoms with Crippen LogP contribution in [-0.4, -0.2) is 42.9 Å². The zero-order valence-corrected chi connectivity index (χ0v) is 11.2. The lowest BCUT2D eigenvalue weighted by molar-refractivity contribution is -0.183. The summed E-state index contributed by atoms with van der Waals surface area (Å²) >= 11 is 0. The van der Waals surface area contributed by atoms with Crippen molar-refractivity contribution in [3.8, 4) is 0 Å². The third kappa shape index (κ3) is 2.28. The maximum absolute atomic E-state index is 12.5. The van der Waals surface area contributed by atoms with E-state index in [4.69, 9.17) is 13.9 Å². The Kier molecular flexibility index (Phi) is 3.33. The molecular formula is C14H19NO4. The summed E-state index contributed by atoms with van der Waals surface area (Å²) in [4.78, 5) is 14.4. The Labute approximate surface area is 112 Å². The molecule has 2 fully saturated rings. The maximum atomic E-state index is 12.5. The molecule has 0 bridgehead atoms. The van der Waals surface area contributed by atoms with E-state index >= 15 is 0 Å². The Bertz CT molecular complexity index is 462. The van der Waals surface area contributed by atoms with Crippen LogP contribution in [0.1, 0.15) is 35.9 Å². The summed E-state index contributed by atoms with van der Waals surface area (Å²) < 4.78 is 16.7. The number of furan rings is 1. The Morgan fingerprint density at radius 2 is 2.21 bits per heavy atom. The standard InChI is InChI=1S/C14H19NO4/c1-2-12-11(4-7-17-12)13(16)15-6-3-5-14(10-15)18-8-9-19-14/h4,7H,2-3,5-6,8-10H2,1H3. The van der Waals surface area contributed by atoms with Crippen LogP contribution in [0.15, 0.2) is 16.7 Å². The second kappa shape index (κ2) is 4.98. The van der Waals surface area contributed by atoms with Gasteiger partial charge in [-0.15, -0.1) is 0 Å². The van der Waals surface area contributed by atoms with Crippen molar-refractivity contribution in [3.63, 3.8) is 0 Å². The number of piperidine rings is 1. The summed E-state index contributed by atoms with van der Waals surface area (Å²) in [5, 5.41) is 0. The molecular weight excluding hydrogens is 246 g/mol. The predicted octanol–water partition coefficient (Wildman–Crippen LogP) is 1.82. The van der Waals surface area contributed by atoms with Gasteiger partial charge in [0.2, 0.25) is 0 Å². The highest BCUT2D eigenvalue weighted by Crippen LogP contribution is 2.31. The smallest absolute Gasteiger partial charge is 0.257 e. The normalized spacial score (nSPS) is 22.1. The molecule has 2 aliphatic heterocycles. The highest BCUT2D eigenvalue weighted by Gasteiger charge is 2.42. The number of hydrogen-bond donors (Lipinski definition) is 0. The van der Waals surface area contributed by atoms with E-state index < -0.39 is 5.79 Å². The number of aryl methyl sites for hydroxylation is 1. The average Bonchev–Trinajstić information content (AvgIpc) is 3.07. The number of nitrogens with zero attached hydrogens (tertiary/aromatic N) is 1. The number of likely N-dealkylation sites (tertiary alicyclic amines) is 1. The minimum absolute atomic E-state index is 0.0174. The summed E-state index contributed by atoms with van der Waals surface area (Å²) in [6.45, 7) is 4.49. The van der Waals surface area contributed by atoms with E-state index in [-0.39, 0.29) is 5.91 Å². The number of amides is 1. The molecule has 1 aromatic rings. The van der Waals surface area contributed by atoms with E-state index in [1.807, 2.05) is 11.8 Å². The minimum atomic E-state index is -0.565. The number of carbonyl (C=O) groups excluding carboxylic acids is 1. The molecule has 104 valence electrons. The Hall–Kier alpha value is -1.33. The first-order chi connectivity index (χ1) is 9.24. The molecule has 0 atom stereocenters. The molecule has 3 heterocycles. The third-order valence-electron chi connectivity index (χ3n) is 3.82. The van der Waals surface area contributed by atoms with Crippen molar-refractivity contribution in [1.29, 1.82) is 0 Å². The molecule has 1 amide bonds. The van der Waals surface area contributed by atoms with Gasteiger partial charge in [-0.3, -0.25) is 4.79 Å². The molecule has 0 radical (unpaired) electrons. The van der Waals surface area contributed by atoms with Crippen LogP contribution in [0.3, 0.4) is 0 Å². The predicted molar refractivity (Wildman–Crippen MR) is 67.9 cm³/mol. The van der Waals surface area contributed by atoms with Crippen molar-refractivity contribution in [2.45, 2.75) is 32.0 Å². The molecule has 1 aromatic heterocycles. The molecule has 3 rings (SSSR count). The van der Waals surface area contributed by atoms with Crippen LogP contribution in [0.5, 0.6) is 0 Å². The van der Waals surface area contributed by atoms with Crippen LogP contribution in [0.2, 0.25) is 0 Å². The van der Waals surface area contributed by atoms with Crippen molar-refractivity contribution < 1.29 is 18.7 Å². The van der Waals surface area contributed by atoms with Crippen LogP contribution in [-0.2, 0) is 15.9 Å². The van der Waals surface area contributed by atoms with E-state index in [1.165, 1.54) is 0 Å². The van der Waals surface area contributed by atoms with Gasteiger partial charge in [0, 0.05) is 19.4 Å². The summed E-state index contributed by atoms with van der Waals surface area (Å²) in [5.74, 6) is 0.200. The number of carbonyl (C=O) groups is 1. The molecule has 0 unspecified atom stereocenters. The van der Waals surface area contributed by atoms with Gasteiger partial charge in [0.15, 0.2) is 5.79 Å². The molecule has 19 heavy (non-hydrogen) atoms. The molecule has 5 heteroatoms. The fraction of sp³-hybridized carbons (Fsp3) is 0.643. The maximum Gasteiger partial charge on any atom is 0.257 e. The van der Waals surface area contributed by atoms with Gasteiger partial charge >= 0.3 is 0 Å². The fourth-order valence-corrected chi connectivity index (χ4v) is 2.87. The van der Waals surface area contributed by atoms with E-state index in [1.54, 1.807) is 12.3 Å². The van der Waals surface area contributed by atoms with Gasteiger partial charge < -0.3 is 18.8 Å². The summed E-state index contributed by atoms with van der Waals surface area (Å²) in [7, 11) is 0. The number of hydrogen-bond acceptors (Lipinski definition) is 4. The largest absolute Gasteiger partial charge is 0.469 e. The van der Waals surface area contributed by atoms with Gasteiger partial charge in [-0.2, -0.15) is 0 Å². The summed E-state index contributed by atoms with van der Waals surface area (Å²) in [6.07, 6.45) is 4.07. The van der Waals surface area contributed by atoms with Gasteiger partial charge in [-0.25, -0.2) is 0 Å². The first-order valence-electron chi connectivity index (χ1n) is 6.88. The summed E-state index contributed by atoms with van der Waals surface area (Å²) in [6, 6.07) is 1.75. The van der Waals surface area contributed by atoms with Gasteiger partial charge in [0.25, 0.3) is 5.91 Å². The van der Waals surface area contributed by atoms with Crippen LogP contribution < -0.4 is 0 Å². The Morgan fingerprint density at radius 1 is 1.42 bits per heavy atom. The van der Waals surface area contributed by atoms with Crippen LogP contribution in [0.4, 0.5) is 0 Å². The van der Waals surface area contributed by atoms with Crippen molar-refractivity contribution >= 4 is 5.91 Å². The van der Waals surface area contributed by atoms with Crippen molar-refractivity contribution in [2.75, 3.05) is 26.3 Å². The molecule has 0 aliphatic carbocycles. The van der Waals surface area contributed by atoms with Gasteiger partial charge in [-0.05, 0) is 12.5 Å². The average molecular weight is 265 g/mol. The lowest BCUT2D eigenvalue weighted by Crippen LogP contribution is -2.51. The van der Waals surface area contributed by atoms with Gasteiger partial charge in [-0.1, -0.05) is 6.92 Å². The first-order valence-corrected chi connectivity index (χ1v) is 6.88. The number of ether oxygens (including phenoxy) is 2. The lowest BCUT2D eigenvalue weighted by atomic mass is 10.0. The van der Waals surface area contributed by atoms with E-state index in [2.05, 4.69) is 0 Å². The molecule has 0 saturated carbocycles. The molecule has 2 saturated heterocycles. The SMILES string of the molecule is CCc1occc1C(=O)N1CCCC2(C1)OCCO2. The number of rotatable bonds is 2. The zero-order valence-electron chi connectivity index (χ0n) is 11.2. The van der Waals surface area contributed by atoms with Gasteiger partial charge in [0.1, 0.15) is 5.76 Å². The Balaban J connectivity index is 1.76. The van der Waals surface area contributed by atoms with Crippen molar-refractivity contribution in [2.24, 2.45) is 0 Å². The van der Waals surface area contributed by atoms with E-state index in [0.29, 0.717) is 25.3 Å². The molecule has 2 aliphatic rings. The fourth-order valence-electron chi connectivity index (χ4n) is 2.87. The van der Waals surface area contributed by atoms with Crippen molar-refractivity contribution in [1.82, 2.24) is 4.90 Å².